The Labute approximate surface area is 191 Å². The second-order valence-electron chi connectivity index (χ2n) is 7.93. The van der Waals surface area contributed by atoms with Crippen LogP contribution in [-0.2, 0) is 18.4 Å². The van der Waals surface area contributed by atoms with Gasteiger partial charge in [-0.15, -0.1) is 0 Å². The number of ketones is 1. The third kappa shape index (κ3) is 4.78. The van der Waals surface area contributed by atoms with Crippen molar-refractivity contribution in [2.45, 2.75) is 52.6 Å². The van der Waals surface area contributed by atoms with Crippen LogP contribution >= 0.6 is 7.60 Å². The number of rotatable bonds is 11. The molecule has 0 saturated carbocycles. The summed E-state index contributed by atoms with van der Waals surface area (Å²) >= 11 is 0. The minimum Gasteiger partial charge on any atom is -0.496 e. The minimum absolute atomic E-state index is 0.163. The van der Waals surface area contributed by atoms with E-state index < -0.39 is 18.7 Å². The van der Waals surface area contributed by atoms with Crippen LogP contribution in [0, 0.1) is 13.8 Å². The molecule has 0 aromatic heterocycles. The third-order valence-electron chi connectivity index (χ3n) is 5.95. The van der Waals surface area contributed by atoms with Crippen LogP contribution in [0.5, 0.6) is 11.5 Å². The summed E-state index contributed by atoms with van der Waals surface area (Å²) in [5.41, 5.74) is 3.47. The number of Topliss-reactive ketones (excluding diaryl/α,β-unsaturated/α-hetero) is 1. The van der Waals surface area contributed by atoms with Crippen LogP contribution in [0.4, 0.5) is 0 Å². The summed E-state index contributed by atoms with van der Waals surface area (Å²) in [6.45, 7) is 10.8. The average Bonchev–Trinajstić information content (AvgIpc) is 2.74. The molecule has 0 aliphatic heterocycles. The largest absolute Gasteiger partial charge is 0.496 e. The molecule has 0 amide bonds. The normalized spacial score (nSPS) is 13.7. The molecule has 1 atom stereocenters. The standard InChI is InChI=1S/C25H35O6P/c1-9-30-32(27,31-10-2)25(6,19(5)26)24(20-11-13-22(28-7)17(3)15-20)21-12-14-23(29-8)18(4)16-21/h11-16,24H,9-10H2,1-8H3/t25-/m1/s1. The van der Waals surface area contributed by atoms with Crippen molar-refractivity contribution in [3.05, 3.63) is 58.7 Å². The third-order valence-corrected chi connectivity index (χ3v) is 8.85. The summed E-state index contributed by atoms with van der Waals surface area (Å²) < 4.78 is 36.5. The van der Waals surface area contributed by atoms with E-state index in [4.69, 9.17) is 18.5 Å². The van der Waals surface area contributed by atoms with Gasteiger partial charge in [-0.3, -0.25) is 9.36 Å². The molecule has 0 heterocycles. The van der Waals surface area contributed by atoms with Crippen LogP contribution in [0.15, 0.2) is 36.4 Å². The van der Waals surface area contributed by atoms with Crippen LogP contribution in [0.25, 0.3) is 0 Å². The fourth-order valence-electron chi connectivity index (χ4n) is 4.20. The summed E-state index contributed by atoms with van der Waals surface area (Å²) in [5, 5.41) is -1.46. The molecule has 0 fully saturated rings. The number of hydrogen-bond acceptors (Lipinski definition) is 6. The molecule has 32 heavy (non-hydrogen) atoms. The fourth-order valence-corrected chi connectivity index (χ4v) is 6.49. The average molecular weight is 463 g/mol. The Balaban J connectivity index is 2.89. The van der Waals surface area contributed by atoms with Gasteiger partial charge in [-0.2, -0.15) is 0 Å². The monoisotopic (exact) mass is 462 g/mol. The van der Waals surface area contributed by atoms with Crippen molar-refractivity contribution >= 4 is 13.4 Å². The molecule has 0 unspecified atom stereocenters. The molecule has 2 aromatic rings. The van der Waals surface area contributed by atoms with Crippen LogP contribution in [-0.4, -0.2) is 38.4 Å². The number of carbonyl (C=O) groups is 1. The Hall–Kier alpha value is -2.14. The Morgan fingerprint density at radius 1 is 0.906 bits per heavy atom. The predicted molar refractivity (Wildman–Crippen MR) is 127 cm³/mol. The molecular weight excluding hydrogens is 427 g/mol. The molecule has 0 N–H and O–H groups in total. The Kier molecular flexibility index (Phi) is 8.69. The molecule has 176 valence electrons. The van der Waals surface area contributed by atoms with E-state index in [1.54, 1.807) is 35.0 Å². The van der Waals surface area contributed by atoms with E-state index in [1.165, 1.54) is 6.92 Å². The second kappa shape index (κ2) is 10.7. The molecule has 0 saturated heterocycles. The molecule has 2 rings (SSSR count). The van der Waals surface area contributed by atoms with E-state index in [9.17, 15) is 9.36 Å². The SMILES string of the molecule is CCOP(=O)(OCC)[C@](C)(C(C)=O)C(c1ccc(OC)c(C)c1)c1ccc(OC)c(C)c1. The van der Waals surface area contributed by atoms with Gasteiger partial charge in [0.1, 0.15) is 22.4 Å². The van der Waals surface area contributed by atoms with Crippen molar-refractivity contribution in [2.75, 3.05) is 27.4 Å². The molecule has 6 nitrogen and oxygen atoms in total. The number of benzene rings is 2. The van der Waals surface area contributed by atoms with Crippen molar-refractivity contribution < 1.29 is 27.9 Å². The first-order chi connectivity index (χ1) is 15.1. The predicted octanol–water partition coefficient (Wildman–Crippen LogP) is 6.07. The van der Waals surface area contributed by atoms with Crippen molar-refractivity contribution in [1.29, 1.82) is 0 Å². The van der Waals surface area contributed by atoms with E-state index in [0.29, 0.717) is 0 Å². The molecule has 7 heteroatoms. The Morgan fingerprint density at radius 3 is 1.59 bits per heavy atom. The maximum Gasteiger partial charge on any atom is 0.344 e. The van der Waals surface area contributed by atoms with Crippen LogP contribution in [0.1, 0.15) is 55.9 Å². The molecule has 0 aliphatic carbocycles. The number of carbonyl (C=O) groups excluding carboxylic acids is 1. The highest BCUT2D eigenvalue weighted by molar-refractivity contribution is 7.57. The van der Waals surface area contributed by atoms with E-state index in [-0.39, 0.29) is 19.0 Å². The van der Waals surface area contributed by atoms with Gasteiger partial charge in [-0.05, 0) is 75.9 Å². The maximum atomic E-state index is 14.2. The number of methoxy groups -OCH3 is 2. The minimum atomic E-state index is -3.86. The lowest BCUT2D eigenvalue weighted by molar-refractivity contribution is -0.120. The zero-order chi connectivity index (χ0) is 24.1. The first-order valence-corrected chi connectivity index (χ1v) is 12.3. The van der Waals surface area contributed by atoms with Gasteiger partial charge in [0.2, 0.25) is 0 Å². The van der Waals surface area contributed by atoms with Crippen molar-refractivity contribution in [1.82, 2.24) is 0 Å². The van der Waals surface area contributed by atoms with Crippen LogP contribution in [0.3, 0.4) is 0 Å². The lowest BCUT2D eigenvalue weighted by Gasteiger charge is -2.40. The van der Waals surface area contributed by atoms with E-state index in [0.717, 1.165) is 33.8 Å². The van der Waals surface area contributed by atoms with Gasteiger partial charge in [0.25, 0.3) is 0 Å². The van der Waals surface area contributed by atoms with Gasteiger partial charge < -0.3 is 18.5 Å². The lowest BCUT2D eigenvalue weighted by Crippen LogP contribution is -2.42. The van der Waals surface area contributed by atoms with Gasteiger partial charge in [0.15, 0.2) is 0 Å². The highest BCUT2D eigenvalue weighted by atomic mass is 31.2. The number of hydrogen-bond donors (Lipinski definition) is 0. The Bertz CT molecular complexity index is 938. The molecule has 2 aromatic carbocycles. The van der Waals surface area contributed by atoms with E-state index in [2.05, 4.69) is 0 Å². The smallest absolute Gasteiger partial charge is 0.344 e. The Morgan fingerprint density at radius 2 is 1.31 bits per heavy atom. The van der Waals surface area contributed by atoms with Crippen molar-refractivity contribution in [2.24, 2.45) is 0 Å². The number of aryl methyl sites for hydroxylation is 2. The quantitative estimate of drug-likeness (QED) is 0.378. The molecular formula is C25H35O6P. The first-order valence-electron chi connectivity index (χ1n) is 10.8. The maximum absolute atomic E-state index is 14.2. The molecule has 0 bridgehead atoms. The van der Waals surface area contributed by atoms with Crippen molar-refractivity contribution in [3.8, 4) is 11.5 Å². The van der Waals surface area contributed by atoms with Crippen molar-refractivity contribution in [3.63, 3.8) is 0 Å². The summed E-state index contributed by atoms with van der Waals surface area (Å²) in [7, 11) is -0.633. The number of ether oxygens (including phenoxy) is 2. The van der Waals surface area contributed by atoms with Gasteiger partial charge in [0.05, 0.1) is 27.4 Å². The van der Waals surface area contributed by atoms with Gasteiger partial charge in [0, 0.05) is 5.92 Å². The molecule has 0 spiro atoms. The van der Waals surface area contributed by atoms with Gasteiger partial charge >= 0.3 is 7.60 Å². The summed E-state index contributed by atoms with van der Waals surface area (Å²) in [6.07, 6.45) is 0. The van der Waals surface area contributed by atoms with E-state index in [1.807, 2.05) is 50.2 Å². The highest BCUT2D eigenvalue weighted by Gasteiger charge is 2.57. The van der Waals surface area contributed by atoms with Crippen LogP contribution in [0.2, 0.25) is 0 Å². The van der Waals surface area contributed by atoms with Crippen LogP contribution < -0.4 is 9.47 Å². The summed E-state index contributed by atoms with van der Waals surface area (Å²) in [5.74, 6) is 0.620. The summed E-state index contributed by atoms with van der Waals surface area (Å²) in [6, 6.07) is 11.5. The second-order valence-corrected chi connectivity index (χ2v) is 10.4. The summed E-state index contributed by atoms with van der Waals surface area (Å²) in [4.78, 5) is 13.3. The van der Waals surface area contributed by atoms with Gasteiger partial charge in [-0.1, -0.05) is 24.3 Å². The molecule has 0 radical (unpaired) electrons. The first kappa shape index (κ1) is 26.1. The zero-order valence-electron chi connectivity index (χ0n) is 20.4. The van der Waals surface area contributed by atoms with Gasteiger partial charge in [-0.25, -0.2) is 0 Å². The topological polar surface area (TPSA) is 71.1 Å². The fraction of sp³-hybridized carbons (Fsp3) is 0.480. The highest BCUT2D eigenvalue weighted by Crippen LogP contribution is 2.66. The molecule has 0 aliphatic rings. The zero-order valence-corrected chi connectivity index (χ0v) is 21.2. The van der Waals surface area contributed by atoms with E-state index >= 15 is 0 Å². The lowest BCUT2D eigenvalue weighted by atomic mass is 9.78.